The molecule has 70 valence electrons. The van der Waals surface area contributed by atoms with Gasteiger partial charge in [-0.1, -0.05) is 20.3 Å². The molecule has 1 aliphatic rings. The molecular formula is C10H19NO. The molecule has 1 saturated heterocycles. The van der Waals surface area contributed by atoms with Crippen LogP contribution in [0.25, 0.3) is 0 Å². The molecule has 1 aliphatic heterocycles. The van der Waals surface area contributed by atoms with Crippen molar-refractivity contribution in [2.24, 2.45) is 5.41 Å². The maximum Gasteiger partial charge on any atom is 0.221 e. The molecule has 0 saturated carbocycles. The van der Waals surface area contributed by atoms with Gasteiger partial charge in [-0.05, 0) is 25.7 Å². The van der Waals surface area contributed by atoms with Gasteiger partial charge < -0.3 is 5.32 Å². The molecule has 0 aromatic rings. The Morgan fingerprint density at radius 3 is 2.33 bits per heavy atom. The summed E-state index contributed by atoms with van der Waals surface area (Å²) in [6, 6.07) is 0. The molecule has 0 aromatic heterocycles. The molecule has 1 unspecified atom stereocenters. The molecule has 2 heteroatoms. The van der Waals surface area contributed by atoms with Crippen LogP contribution in [0, 0.1) is 5.41 Å². The number of hydrogen-bond donors (Lipinski definition) is 1. The SMILES string of the molecule is CCCC1(C)CC(=O)NC1(C)C. The van der Waals surface area contributed by atoms with Crippen LogP contribution >= 0.6 is 0 Å². The highest BCUT2D eigenvalue weighted by Gasteiger charge is 2.48. The topological polar surface area (TPSA) is 29.1 Å². The van der Waals surface area contributed by atoms with E-state index in [1.165, 1.54) is 0 Å². The van der Waals surface area contributed by atoms with E-state index in [2.05, 4.69) is 33.0 Å². The standard InChI is InChI=1S/C10H19NO/c1-5-6-10(4)7-8(12)11-9(10,2)3/h5-7H2,1-4H3,(H,11,12). The minimum Gasteiger partial charge on any atom is -0.351 e. The minimum atomic E-state index is -0.0277. The Morgan fingerprint density at radius 1 is 1.42 bits per heavy atom. The molecule has 1 rings (SSSR count). The van der Waals surface area contributed by atoms with Crippen LogP contribution in [0.5, 0.6) is 0 Å². The van der Waals surface area contributed by atoms with E-state index in [9.17, 15) is 4.79 Å². The van der Waals surface area contributed by atoms with Gasteiger partial charge in [-0.2, -0.15) is 0 Å². The fourth-order valence-electron chi connectivity index (χ4n) is 2.07. The first-order chi connectivity index (χ1) is 5.41. The van der Waals surface area contributed by atoms with E-state index in [1.54, 1.807) is 0 Å². The smallest absolute Gasteiger partial charge is 0.221 e. The molecule has 1 heterocycles. The van der Waals surface area contributed by atoms with Crippen LogP contribution < -0.4 is 5.32 Å². The molecular weight excluding hydrogens is 150 g/mol. The van der Waals surface area contributed by atoms with Crippen LogP contribution in [-0.4, -0.2) is 11.4 Å². The number of hydrogen-bond acceptors (Lipinski definition) is 1. The molecule has 1 fully saturated rings. The van der Waals surface area contributed by atoms with E-state index in [0.29, 0.717) is 6.42 Å². The van der Waals surface area contributed by atoms with Crippen molar-refractivity contribution < 1.29 is 4.79 Å². The normalized spacial score (nSPS) is 33.5. The summed E-state index contributed by atoms with van der Waals surface area (Å²) < 4.78 is 0. The number of carbonyl (C=O) groups excluding carboxylic acids is 1. The van der Waals surface area contributed by atoms with Gasteiger partial charge in [0.25, 0.3) is 0 Å². The van der Waals surface area contributed by atoms with Crippen molar-refractivity contribution in [1.82, 2.24) is 5.32 Å². The van der Waals surface area contributed by atoms with Gasteiger partial charge in [0, 0.05) is 12.0 Å². The van der Waals surface area contributed by atoms with Gasteiger partial charge in [0.15, 0.2) is 0 Å². The Balaban J connectivity index is 2.82. The lowest BCUT2D eigenvalue weighted by Crippen LogP contribution is -2.45. The third-order valence-corrected chi connectivity index (χ3v) is 3.31. The van der Waals surface area contributed by atoms with Gasteiger partial charge in [-0.25, -0.2) is 0 Å². The highest BCUT2D eigenvalue weighted by molar-refractivity contribution is 5.80. The Hall–Kier alpha value is -0.530. The van der Waals surface area contributed by atoms with Crippen LogP contribution in [0.2, 0.25) is 0 Å². The molecule has 0 spiro atoms. The van der Waals surface area contributed by atoms with E-state index in [0.717, 1.165) is 12.8 Å². The summed E-state index contributed by atoms with van der Waals surface area (Å²) in [5.74, 6) is 0.205. The second-order valence-electron chi connectivity index (χ2n) is 4.66. The first-order valence-corrected chi connectivity index (χ1v) is 4.72. The van der Waals surface area contributed by atoms with Crippen molar-refractivity contribution in [3.63, 3.8) is 0 Å². The Bertz CT molecular complexity index is 198. The van der Waals surface area contributed by atoms with Gasteiger partial charge in [0.2, 0.25) is 5.91 Å². The largest absolute Gasteiger partial charge is 0.351 e. The zero-order chi connectivity index (χ0) is 9.41. The molecule has 1 atom stereocenters. The Labute approximate surface area is 74.7 Å². The van der Waals surface area contributed by atoms with Gasteiger partial charge >= 0.3 is 0 Å². The van der Waals surface area contributed by atoms with Crippen molar-refractivity contribution in [3.05, 3.63) is 0 Å². The van der Waals surface area contributed by atoms with Crippen LogP contribution in [0.15, 0.2) is 0 Å². The average Bonchev–Trinajstić information content (AvgIpc) is 2.02. The summed E-state index contributed by atoms with van der Waals surface area (Å²) >= 11 is 0. The number of amides is 1. The monoisotopic (exact) mass is 169 g/mol. The van der Waals surface area contributed by atoms with Gasteiger partial charge in [-0.15, -0.1) is 0 Å². The molecule has 0 aromatic carbocycles. The highest BCUT2D eigenvalue weighted by Crippen LogP contribution is 2.43. The van der Waals surface area contributed by atoms with Crippen LogP contribution in [-0.2, 0) is 4.79 Å². The third kappa shape index (κ3) is 1.35. The van der Waals surface area contributed by atoms with E-state index >= 15 is 0 Å². The van der Waals surface area contributed by atoms with Crippen molar-refractivity contribution >= 4 is 5.91 Å². The van der Waals surface area contributed by atoms with Crippen molar-refractivity contribution in [3.8, 4) is 0 Å². The average molecular weight is 169 g/mol. The maximum atomic E-state index is 11.2. The van der Waals surface area contributed by atoms with Gasteiger partial charge in [0.05, 0.1) is 0 Å². The number of nitrogens with one attached hydrogen (secondary N) is 1. The predicted molar refractivity (Wildman–Crippen MR) is 49.9 cm³/mol. The van der Waals surface area contributed by atoms with Crippen LogP contribution in [0.1, 0.15) is 47.0 Å². The van der Waals surface area contributed by atoms with E-state index in [4.69, 9.17) is 0 Å². The first kappa shape index (κ1) is 9.56. The predicted octanol–water partition coefficient (Wildman–Crippen LogP) is 2.09. The molecule has 1 amide bonds. The van der Waals surface area contributed by atoms with Crippen LogP contribution in [0.3, 0.4) is 0 Å². The summed E-state index contributed by atoms with van der Waals surface area (Å²) in [5, 5.41) is 3.03. The van der Waals surface area contributed by atoms with E-state index < -0.39 is 0 Å². The summed E-state index contributed by atoms with van der Waals surface area (Å²) in [4.78, 5) is 11.2. The van der Waals surface area contributed by atoms with E-state index in [1.807, 2.05) is 0 Å². The summed E-state index contributed by atoms with van der Waals surface area (Å²) in [6.45, 7) is 8.61. The lowest BCUT2D eigenvalue weighted by Gasteiger charge is -2.36. The third-order valence-electron chi connectivity index (χ3n) is 3.31. The fraction of sp³-hybridized carbons (Fsp3) is 0.900. The zero-order valence-corrected chi connectivity index (χ0v) is 8.53. The lowest BCUT2D eigenvalue weighted by molar-refractivity contribution is -0.119. The Kier molecular flexibility index (Phi) is 2.19. The van der Waals surface area contributed by atoms with Crippen molar-refractivity contribution in [1.29, 1.82) is 0 Å². The van der Waals surface area contributed by atoms with E-state index in [-0.39, 0.29) is 16.9 Å². The van der Waals surface area contributed by atoms with Crippen molar-refractivity contribution in [2.75, 3.05) is 0 Å². The maximum absolute atomic E-state index is 11.2. The molecule has 2 nitrogen and oxygen atoms in total. The second kappa shape index (κ2) is 2.75. The molecule has 0 radical (unpaired) electrons. The number of rotatable bonds is 2. The molecule has 1 N–H and O–H groups in total. The van der Waals surface area contributed by atoms with Gasteiger partial charge in [0.1, 0.15) is 0 Å². The number of carbonyl (C=O) groups is 1. The Morgan fingerprint density at radius 2 is 2.00 bits per heavy atom. The molecule has 0 bridgehead atoms. The second-order valence-corrected chi connectivity index (χ2v) is 4.66. The van der Waals surface area contributed by atoms with Crippen LogP contribution in [0.4, 0.5) is 0 Å². The molecule has 0 aliphatic carbocycles. The van der Waals surface area contributed by atoms with Gasteiger partial charge in [-0.3, -0.25) is 4.79 Å². The summed E-state index contributed by atoms with van der Waals surface area (Å²) in [5.41, 5.74) is 0.124. The zero-order valence-electron chi connectivity index (χ0n) is 8.53. The van der Waals surface area contributed by atoms with Crippen molar-refractivity contribution in [2.45, 2.75) is 52.5 Å². The molecule has 12 heavy (non-hydrogen) atoms. The minimum absolute atomic E-state index is 0.0277. The highest BCUT2D eigenvalue weighted by atomic mass is 16.2. The lowest BCUT2D eigenvalue weighted by atomic mass is 9.71. The summed E-state index contributed by atoms with van der Waals surface area (Å²) in [6.07, 6.45) is 2.96. The fourth-order valence-corrected chi connectivity index (χ4v) is 2.07. The summed E-state index contributed by atoms with van der Waals surface area (Å²) in [7, 11) is 0. The quantitative estimate of drug-likeness (QED) is 0.673. The first-order valence-electron chi connectivity index (χ1n) is 4.72.